The molecular formula is C20H19ClN2O4. The van der Waals surface area contributed by atoms with Gasteiger partial charge in [0.05, 0.1) is 29.4 Å². The van der Waals surface area contributed by atoms with Gasteiger partial charge in [-0.1, -0.05) is 54.1 Å². The van der Waals surface area contributed by atoms with Crippen molar-refractivity contribution in [2.45, 2.75) is 6.04 Å². The van der Waals surface area contributed by atoms with Crippen molar-refractivity contribution in [2.24, 2.45) is 0 Å². The van der Waals surface area contributed by atoms with E-state index in [1.807, 2.05) is 30.3 Å². The Labute approximate surface area is 162 Å². The molecule has 0 aromatic heterocycles. The van der Waals surface area contributed by atoms with E-state index in [1.54, 1.807) is 31.3 Å². The van der Waals surface area contributed by atoms with Crippen molar-refractivity contribution in [2.75, 3.05) is 20.8 Å². The van der Waals surface area contributed by atoms with E-state index < -0.39 is 12.0 Å². The van der Waals surface area contributed by atoms with Crippen LogP contribution in [0.25, 0.3) is 0 Å². The highest BCUT2D eigenvalue weighted by molar-refractivity contribution is 6.32. The molecule has 0 radical (unpaired) electrons. The molecule has 2 amide bonds. The summed E-state index contributed by atoms with van der Waals surface area (Å²) in [5.74, 6) is -0.0695. The number of rotatable bonds is 5. The van der Waals surface area contributed by atoms with Crippen molar-refractivity contribution in [3.05, 3.63) is 76.5 Å². The number of halogens is 1. The molecular weight excluding hydrogens is 368 g/mol. The van der Waals surface area contributed by atoms with Gasteiger partial charge in [0.15, 0.2) is 0 Å². The fourth-order valence-corrected chi connectivity index (χ4v) is 3.08. The first kappa shape index (κ1) is 18.8. The molecule has 1 atom stereocenters. The van der Waals surface area contributed by atoms with Crippen molar-refractivity contribution >= 4 is 23.6 Å². The Bertz CT molecular complexity index is 883. The summed E-state index contributed by atoms with van der Waals surface area (Å²) < 4.78 is 10.8. The van der Waals surface area contributed by atoms with Gasteiger partial charge in [0, 0.05) is 7.05 Å². The van der Waals surface area contributed by atoms with Crippen LogP contribution in [0.4, 0.5) is 4.79 Å². The molecule has 1 aliphatic rings. The molecule has 0 saturated carbocycles. The number of esters is 1. The van der Waals surface area contributed by atoms with Gasteiger partial charge in [-0.05, 0) is 17.7 Å². The Balaban J connectivity index is 2.02. The zero-order valence-electron chi connectivity index (χ0n) is 14.9. The maximum Gasteiger partial charge on any atom is 0.338 e. The zero-order valence-corrected chi connectivity index (χ0v) is 15.7. The highest BCUT2D eigenvalue weighted by Crippen LogP contribution is 2.32. The Morgan fingerprint density at radius 1 is 1.15 bits per heavy atom. The number of nitrogens with one attached hydrogen (secondary N) is 1. The van der Waals surface area contributed by atoms with Crippen molar-refractivity contribution in [3.8, 4) is 5.75 Å². The summed E-state index contributed by atoms with van der Waals surface area (Å²) in [6.45, 7) is -0.0125. The van der Waals surface area contributed by atoms with Crippen LogP contribution in [0.3, 0.4) is 0 Å². The molecule has 1 N–H and O–H groups in total. The molecule has 2 aromatic carbocycles. The van der Waals surface area contributed by atoms with Gasteiger partial charge in [-0.2, -0.15) is 0 Å². The molecule has 6 nitrogen and oxygen atoms in total. The number of urea groups is 1. The normalized spacial score (nSPS) is 16.8. The fraction of sp³-hybridized carbons (Fsp3) is 0.200. The van der Waals surface area contributed by atoms with Gasteiger partial charge >= 0.3 is 12.0 Å². The van der Waals surface area contributed by atoms with E-state index in [-0.39, 0.29) is 12.6 Å². The van der Waals surface area contributed by atoms with Gasteiger partial charge in [0.25, 0.3) is 0 Å². The number of para-hydroxylation sites is 1. The van der Waals surface area contributed by atoms with Gasteiger partial charge in [-0.3, -0.25) is 4.90 Å². The topological polar surface area (TPSA) is 67.9 Å². The molecule has 1 unspecified atom stereocenters. The van der Waals surface area contributed by atoms with Crippen molar-refractivity contribution < 1.29 is 19.1 Å². The van der Waals surface area contributed by atoms with E-state index >= 15 is 0 Å². The third kappa shape index (κ3) is 3.90. The molecule has 140 valence electrons. The molecule has 7 heteroatoms. The monoisotopic (exact) mass is 386 g/mol. The number of carbonyl (C=O) groups is 2. The number of amides is 2. The number of benzene rings is 2. The quantitative estimate of drug-likeness (QED) is 0.798. The third-order valence-corrected chi connectivity index (χ3v) is 4.63. The average Bonchev–Trinajstić information content (AvgIpc) is 2.70. The van der Waals surface area contributed by atoms with Gasteiger partial charge in [0.1, 0.15) is 12.4 Å². The van der Waals surface area contributed by atoms with E-state index in [1.165, 1.54) is 12.0 Å². The number of likely N-dealkylation sites (N-methyl/N-ethyl adjacent to an activating group) is 1. The smallest absolute Gasteiger partial charge is 0.338 e. The van der Waals surface area contributed by atoms with E-state index in [0.717, 1.165) is 5.56 Å². The van der Waals surface area contributed by atoms with Crippen LogP contribution in [0.15, 0.2) is 65.9 Å². The van der Waals surface area contributed by atoms with Crippen LogP contribution in [0.5, 0.6) is 5.75 Å². The second kappa shape index (κ2) is 8.14. The van der Waals surface area contributed by atoms with Crippen molar-refractivity contribution in [1.82, 2.24) is 10.2 Å². The number of ether oxygens (including phenoxy) is 2. The van der Waals surface area contributed by atoms with Crippen LogP contribution in [0.2, 0.25) is 5.02 Å². The summed E-state index contributed by atoms with van der Waals surface area (Å²) >= 11 is 6.13. The fourth-order valence-electron chi connectivity index (χ4n) is 2.89. The van der Waals surface area contributed by atoms with E-state index in [0.29, 0.717) is 22.0 Å². The minimum atomic E-state index is -0.632. The van der Waals surface area contributed by atoms with Gasteiger partial charge < -0.3 is 14.8 Å². The van der Waals surface area contributed by atoms with Crippen LogP contribution in [-0.2, 0) is 9.53 Å². The SMILES string of the molecule is COC(=O)C1=C(COc2ccccc2Cl)N(C)C(=O)NC1c1ccccc1. The summed E-state index contributed by atoms with van der Waals surface area (Å²) in [5.41, 5.74) is 1.51. The predicted octanol–water partition coefficient (Wildman–Crippen LogP) is 3.54. The van der Waals surface area contributed by atoms with Crippen molar-refractivity contribution in [3.63, 3.8) is 0 Å². The molecule has 1 heterocycles. The predicted molar refractivity (Wildman–Crippen MR) is 101 cm³/mol. The Morgan fingerprint density at radius 3 is 2.48 bits per heavy atom. The first-order chi connectivity index (χ1) is 13.0. The summed E-state index contributed by atoms with van der Waals surface area (Å²) in [5, 5.41) is 3.28. The molecule has 2 aromatic rings. The van der Waals surface area contributed by atoms with Gasteiger partial charge in [0.2, 0.25) is 0 Å². The Hall–Kier alpha value is -2.99. The van der Waals surface area contributed by atoms with Crippen LogP contribution in [-0.4, -0.2) is 37.7 Å². The average molecular weight is 387 g/mol. The van der Waals surface area contributed by atoms with Crippen LogP contribution in [0, 0.1) is 0 Å². The van der Waals surface area contributed by atoms with E-state index in [2.05, 4.69) is 5.32 Å². The maximum atomic E-state index is 12.6. The Morgan fingerprint density at radius 2 is 1.81 bits per heavy atom. The molecule has 0 aliphatic carbocycles. The summed E-state index contributed by atoms with van der Waals surface area (Å²) in [6, 6.07) is 15.3. The maximum absolute atomic E-state index is 12.6. The lowest BCUT2D eigenvalue weighted by atomic mass is 9.95. The van der Waals surface area contributed by atoms with Gasteiger partial charge in [-0.25, -0.2) is 9.59 Å². The van der Waals surface area contributed by atoms with Crippen LogP contribution >= 0.6 is 11.6 Å². The number of nitrogens with zero attached hydrogens (tertiary/aromatic N) is 1. The third-order valence-electron chi connectivity index (χ3n) is 4.32. The van der Waals surface area contributed by atoms with Crippen LogP contribution in [0.1, 0.15) is 11.6 Å². The number of methoxy groups -OCH3 is 1. The molecule has 0 spiro atoms. The van der Waals surface area contributed by atoms with Crippen LogP contribution < -0.4 is 10.1 Å². The van der Waals surface area contributed by atoms with E-state index in [4.69, 9.17) is 21.1 Å². The second-order valence-electron chi connectivity index (χ2n) is 5.92. The first-order valence-corrected chi connectivity index (χ1v) is 8.68. The lowest BCUT2D eigenvalue weighted by molar-refractivity contribution is -0.136. The van der Waals surface area contributed by atoms with Crippen molar-refractivity contribution in [1.29, 1.82) is 0 Å². The number of hydrogen-bond acceptors (Lipinski definition) is 4. The second-order valence-corrected chi connectivity index (χ2v) is 6.33. The molecule has 0 bridgehead atoms. The first-order valence-electron chi connectivity index (χ1n) is 8.30. The molecule has 3 rings (SSSR count). The molecule has 0 saturated heterocycles. The summed E-state index contributed by atoms with van der Waals surface area (Å²) in [7, 11) is 2.88. The summed E-state index contributed by atoms with van der Waals surface area (Å²) in [6.07, 6.45) is 0. The zero-order chi connectivity index (χ0) is 19.4. The largest absolute Gasteiger partial charge is 0.486 e. The summed E-state index contributed by atoms with van der Waals surface area (Å²) in [4.78, 5) is 26.4. The standard InChI is InChI=1S/C20H19ClN2O4/c1-23-15(12-27-16-11-7-6-10-14(16)21)17(19(24)26-2)18(22-20(23)25)13-8-4-3-5-9-13/h3-11,18H,12H2,1-2H3,(H,22,25). The number of carbonyl (C=O) groups excluding carboxylic acids is 2. The minimum Gasteiger partial charge on any atom is -0.486 e. The molecule has 1 aliphatic heterocycles. The molecule has 27 heavy (non-hydrogen) atoms. The lowest BCUT2D eigenvalue weighted by Crippen LogP contribution is -2.48. The highest BCUT2D eigenvalue weighted by atomic mass is 35.5. The van der Waals surface area contributed by atoms with E-state index in [9.17, 15) is 9.59 Å². The molecule has 0 fully saturated rings. The highest BCUT2D eigenvalue weighted by Gasteiger charge is 2.36. The minimum absolute atomic E-state index is 0.0125. The lowest BCUT2D eigenvalue weighted by Gasteiger charge is -2.34. The van der Waals surface area contributed by atoms with Gasteiger partial charge in [-0.15, -0.1) is 0 Å². The number of hydrogen-bond donors (Lipinski definition) is 1. The Kier molecular flexibility index (Phi) is 5.66.